The van der Waals surface area contributed by atoms with E-state index in [2.05, 4.69) is 15.6 Å². The summed E-state index contributed by atoms with van der Waals surface area (Å²) in [6.45, 7) is 4.00. The minimum absolute atomic E-state index is 0.0656. The van der Waals surface area contributed by atoms with Gasteiger partial charge in [-0.3, -0.25) is 0 Å². The predicted molar refractivity (Wildman–Crippen MR) is 99.7 cm³/mol. The summed E-state index contributed by atoms with van der Waals surface area (Å²) >= 11 is 0. The lowest BCUT2D eigenvalue weighted by Crippen LogP contribution is -2.44. The molecule has 25 heavy (non-hydrogen) atoms. The average Bonchev–Trinajstić information content (AvgIpc) is 3.35. The van der Waals surface area contributed by atoms with Gasteiger partial charge in [0, 0.05) is 18.2 Å². The zero-order valence-electron chi connectivity index (χ0n) is 14.7. The van der Waals surface area contributed by atoms with E-state index in [0.717, 1.165) is 24.5 Å². The van der Waals surface area contributed by atoms with E-state index in [0.29, 0.717) is 24.8 Å². The monoisotopic (exact) mass is 365 g/mol. The summed E-state index contributed by atoms with van der Waals surface area (Å²) in [4.78, 5) is 4.62. The standard InChI is InChI=1S/C18H27N3O3S/c1-2-19-18(21-16-9-10-25(22,23)13-16)20-11-15-5-3-4-6-17(15)24-12-14-7-8-14/h3-6,14,16H,2,7-13H2,1H3,(H2,19,20,21). The molecule has 2 fully saturated rings. The summed E-state index contributed by atoms with van der Waals surface area (Å²) in [6.07, 6.45) is 3.16. The van der Waals surface area contributed by atoms with Gasteiger partial charge in [-0.2, -0.15) is 0 Å². The van der Waals surface area contributed by atoms with Gasteiger partial charge in [0.15, 0.2) is 15.8 Å². The number of aliphatic imine (C=N–C) groups is 1. The molecule has 0 amide bonds. The van der Waals surface area contributed by atoms with Crippen molar-refractivity contribution in [3.8, 4) is 5.75 Å². The zero-order valence-corrected chi connectivity index (χ0v) is 15.5. The number of sulfone groups is 1. The van der Waals surface area contributed by atoms with Crippen LogP contribution in [0.5, 0.6) is 5.75 Å². The number of nitrogens with one attached hydrogen (secondary N) is 2. The van der Waals surface area contributed by atoms with Crippen LogP contribution in [0.2, 0.25) is 0 Å². The van der Waals surface area contributed by atoms with Crippen molar-refractivity contribution in [3.63, 3.8) is 0 Å². The van der Waals surface area contributed by atoms with Gasteiger partial charge in [-0.1, -0.05) is 18.2 Å². The van der Waals surface area contributed by atoms with Crippen molar-refractivity contribution in [1.82, 2.24) is 10.6 Å². The van der Waals surface area contributed by atoms with Crippen LogP contribution in [0.1, 0.15) is 31.7 Å². The van der Waals surface area contributed by atoms with Gasteiger partial charge < -0.3 is 15.4 Å². The Labute approximate surface area is 150 Å². The number of hydrogen-bond acceptors (Lipinski definition) is 4. The Morgan fingerprint density at radius 3 is 2.76 bits per heavy atom. The van der Waals surface area contributed by atoms with E-state index in [1.54, 1.807) is 0 Å². The first-order valence-electron chi connectivity index (χ1n) is 9.01. The number of hydrogen-bond donors (Lipinski definition) is 2. The summed E-state index contributed by atoms with van der Waals surface area (Å²) in [7, 11) is -2.90. The quantitative estimate of drug-likeness (QED) is 0.568. The predicted octanol–water partition coefficient (Wildman–Crippen LogP) is 1.72. The summed E-state index contributed by atoms with van der Waals surface area (Å²) < 4.78 is 29.2. The SMILES string of the molecule is CCNC(=NCc1ccccc1OCC1CC1)NC1CCS(=O)(=O)C1. The van der Waals surface area contributed by atoms with Gasteiger partial charge in [0.25, 0.3) is 0 Å². The molecule has 3 rings (SSSR count). The maximum absolute atomic E-state index is 11.6. The highest BCUT2D eigenvalue weighted by Crippen LogP contribution is 2.30. The molecule has 1 heterocycles. The third kappa shape index (κ3) is 5.63. The molecule has 1 aromatic carbocycles. The van der Waals surface area contributed by atoms with Crippen molar-refractivity contribution in [2.75, 3.05) is 24.7 Å². The second-order valence-electron chi connectivity index (χ2n) is 6.80. The van der Waals surface area contributed by atoms with Crippen LogP contribution in [-0.2, 0) is 16.4 Å². The molecule has 0 aromatic heterocycles. The number of ether oxygens (including phenoxy) is 1. The fourth-order valence-corrected chi connectivity index (χ4v) is 4.53. The fraction of sp³-hybridized carbons (Fsp3) is 0.611. The lowest BCUT2D eigenvalue weighted by molar-refractivity contribution is 0.297. The van der Waals surface area contributed by atoms with E-state index in [1.165, 1.54) is 12.8 Å². The van der Waals surface area contributed by atoms with Crippen LogP contribution < -0.4 is 15.4 Å². The Hall–Kier alpha value is -1.76. The second-order valence-corrected chi connectivity index (χ2v) is 9.03. The maximum atomic E-state index is 11.6. The van der Waals surface area contributed by atoms with E-state index in [4.69, 9.17) is 4.74 Å². The zero-order chi connectivity index (χ0) is 17.7. The van der Waals surface area contributed by atoms with E-state index >= 15 is 0 Å². The maximum Gasteiger partial charge on any atom is 0.191 e. The number of para-hydroxylation sites is 1. The van der Waals surface area contributed by atoms with Gasteiger partial charge in [0.2, 0.25) is 0 Å². The van der Waals surface area contributed by atoms with Crippen molar-refractivity contribution in [2.45, 2.75) is 38.8 Å². The molecule has 7 heteroatoms. The van der Waals surface area contributed by atoms with E-state index in [-0.39, 0.29) is 17.5 Å². The highest BCUT2D eigenvalue weighted by Gasteiger charge is 2.28. The molecule has 1 aliphatic heterocycles. The Morgan fingerprint density at radius 1 is 1.28 bits per heavy atom. The van der Waals surface area contributed by atoms with Crippen LogP contribution in [0, 0.1) is 5.92 Å². The largest absolute Gasteiger partial charge is 0.493 e. The first-order valence-corrected chi connectivity index (χ1v) is 10.8. The van der Waals surface area contributed by atoms with Crippen molar-refractivity contribution in [2.24, 2.45) is 10.9 Å². The van der Waals surface area contributed by atoms with Crippen LogP contribution in [0.25, 0.3) is 0 Å². The first-order chi connectivity index (χ1) is 12.1. The van der Waals surface area contributed by atoms with E-state index < -0.39 is 9.84 Å². The van der Waals surface area contributed by atoms with Crippen LogP contribution in [0.15, 0.2) is 29.3 Å². The molecular formula is C18H27N3O3S. The summed E-state index contributed by atoms with van der Waals surface area (Å²) in [5, 5.41) is 6.43. The molecule has 0 bridgehead atoms. The number of benzene rings is 1. The van der Waals surface area contributed by atoms with Crippen LogP contribution in [-0.4, -0.2) is 45.1 Å². The molecule has 1 saturated heterocycles. The Morgan fingerprint density at radius 2 is 2.08 bits per heavy atom. The summed E-state index contributed by atoms with van der Waals surface area (Å²) in [5.41, 5.74) is 1.04. The molecule has 1 unspecified atom stereocenters. The molecule has 1 atom stereocenters. The Balaban J connectivity index is 1.62. The topological polar surface area (TPSA) is 79.8 Å². The lowest BCUT2D eigenvalue weighted by atomic mass is 10.2. The molecule has 1 aromatic rings. The minimum Gasteiger partial charge on any atom is -0.493 e. The first kappa shape index (κ1) is 18.0. The molecular weight excluding hydrogens is 338 g/mol. The Kier molecular flexibility index (Phi) is 5.83. The van der Waals surface area contributed by atoms with Crippen molar-refractivity contribution < 1.29 is 13.2 Å². The molecule has 6 nitrogen and oxygen atoms in total. The molecule has 0 radical (unpaired) electrons. The smallest absolute Gasteiger partial charge is 0.191 e. The van der Waals surface area contributed by atoms with Crippen LogP contribution >= 0.6 is 0 Å². The number of guanidine groups is 1. The van der Waals surface area contributed by atoms with Gasteiger partial charge in [0.1, 0.15) is 5.75 Å². The molecule has 1 aliphatic carbocycles. The number of rotatable bonds is 7. The van der Waals surface area contributed by atoms with E-state index in [9.17, 15) is 8.42 Å². The van der Waals surface area contributed by atoms with Crippen LogP contribution in [0.4, 0.5) is 0 Å². The minimum atomic E-state index is -2.90. The van der Waals surface area contributed by atoms with Crippen molar-refractivity contribution >= 4 is 15.8 Å². The fourth-order valence-electron chi connectivity index (χ4n) is 2.85. The third-order valence-corrected chi connectivity index (χ3v) is 6.24. The van der Waals surface area contributed by atoms with E-state index in [1.807, 2.05) is 31.2 Å². The normalized spacial score (nSPS) is 22.6. The second kappa shape index (κ2) is 8.08. The average molecular weight is 365 g/mol. The van der Waals surface area contributed by atoms with Crippen molar-refractivity contribution in [3.05, 3.63) is 29.8 Å². The summed E-state index contributed by atoms with van der Waals surface area (Å²) in [6, 6.07) is 7.90. The summed E-state index contributed by atoms with van der Waals surface area (Å²) in [5.74, 6) is 2.68. The third-order valence-electron chi connectivity index (χ3n) is 4.47. The number of nitrogens with zero attached hydrogens (tertiary/aromatic N) is 1. The highest BCUT2D eigenvalue weighted by molar-refractivity contribution is 7.91. The molecule has 138 valence electrons. The lowest BCUT2D eigenvalue weighted by Gasteiger charge is -2.16. The highest BCUT2D eigenvalue weighted by atomic mass is 32.2. The van der Waals surface area contributed by atoms with Crippen LogP contribution in [0.3, 0.4) is 0 Å². The molecule has 2 aliphatic rings. The Bertz CT molecular complexity index is 714. The molecule has 0 spiro atoms. The van der Waals surface area contributed by atoms with Crippen molar-refractivity contribution in [1.29, 1.82) is 0 Å². The van der Waals surface area contributed by atoms with Gasteiger partial charge in [-0.25, -0.2) is 13.4 Å². The van der Waals surface area contributed by atoms with Gasteiger partial charge in [-0.15, -0.1) is 0 Å². The molecule has 2 N–H and O–H groups in total. The molecule has 1 saturated carbocycles. The van der Waals surface area contributed by atoms with Gasteiger partial charge in [-0.05, 0) is 38.2 Å². The van der Waals surface area contributed by atoms with Gasteiger partial charge >= 0.3 is 0 Å². The van der Waals surface area contributed by atoms with Gasteiger partial charge in [0.05, 0.1) is 24.7 Å².